The number of hydrogen-bond acceptors (Lipinski definition) is 4. The minimum atomic E-state index is -0.819. The van der Waals surface area contributed by atoms with E-state index in [4.69, 9.17) is 10.5 Å². The molecule has 4 heteroatoms. The summed E-state index contributed by atoms with van der Waals surface area (Å²) in [5, 5.41) is -0.819. The molecule has 0 fully saturated rings. The molecule has 3 aromatic rings. The Kier molecular flexibility index (Phi) is 5.76. The van der Waals surface area contributed by atoms with Crippen LogP contribution in [0.15, 0.2) is 91.0 Å². The van der Waals surface area contributed by atoms with Crippen molar-refractivity contribution in [2.45, 2.75) is 10.1 Å². The lowest BCUT2D eigenvalue weighted by Gasteiger charge is -2.36. The fourth-order valence-corrected chi connectivity index (χ4v) is 4.47. The number of methoxy groups -OCH3 is 1. The van der Waals surface area contributed by atoms with Crippen molar-refractivity contribution in [2.24, 2.45) is 5.73 Å². The Hall–Kier alpha value is -2.56. The molecular weight excluding hydrogens is 342 g/mol. The van der Waals surface area contributed by atoms with Gasteiger partial charge in [-0.1, -0.05) is 91.0 Å². The van der Waals surface area contributed by atoms with Gasteiger partial charge in [0.05, 0.1) is 11.9 Å². The molecule has 3 nitrogen and oxygen atoms in total. The van der Waals surface area contributed by atoms with Crippen LogP contribution in [0.1, 0.15) is 16.7 Å². The van der Waals surface area contributed by atoms with Gasteiger partial charge in [-0.15, -0.1) is 11.8 Å². The monoisotopic (exact) mass is 363 g/mol. The second-order valence-electron chi connectivity index (χ2n) is 5.84. The molecule has 0 bridgehead atoms. The lowest BCUT2D eigenvalue weighted by molar-refractivity contribution is -0.139. The van der Waals surface area contributed by atoms with E-state index in [0.29, 0.717) is 0 Å². The third-order valence-corrected chi connectivity index (χ3v) is 5.79. The van der Waals surface area contributed by atoms with Crippen molar-refractivity contribution in [3.63, 3.8) is 0 Å². The van der Waals surface area contributed by atoms with Gasteiger partial charge >= 0.3 is 5.97 Å². The molecule has 0 aliphatic rings. The van der Waals surface area contributed by atoms with Gasteiger partial charge in [0, 0.05) is 0 Å². The molecule has 2 N–H and O–H groups in total. The lowest BCUT2D eigenvalue weighted by Crippen LogP contribution is -2.36. The number of benzene rings is 3. The zero-order valence-corrected chi connectivity index (χ0v) is 15.4. The third kappa shape index (κ3) is 3.52. The van der Waals surface area contributed by atoms with Crippen LogP contribution in [-0.2, 0) is 14.3 Å². The predicted octanol–water partition coefficient (Wildman–Crippen LogP) is 4.17. The molecule has 0 aromatic heterocycles. The first-order chi connectivity index (χ1) is 12.7. The van der Waals surface area contributed by atoms with Gasteiger partial charge in [-0.25, -0.2) is 4.79 Å². The maximum atomic E-state index is 12.1. The summed E-state index contributed by atoms with van der Waals surface area (Å²) in [6, 6.07) is 30.3. The van der Waals surface area contributed by atoms with E-state index in [9.17, 15) is 4.79 Å². The molecule has 0 heterocycles. The Balaban J connectivity index is 2.26. The molecule has 3 aromatic carbocycles. The van der Waals surface area contributed by atoms with Gasteiger partial charge in [0.1, 0.15) is 0 Å². The first-order valence-corrected chi connectivity index (χ1v) is 9.24. The number of carbonyl (C=O) groups excluding carboxylic acids is 1. The summed E-state index contributed by atoms with van der Waals surface area (Å²) < 4.78 is 4.25. The van der Waals surface area contributed by atoms with Crippen LogP contribution in [0.2, 0.25) is 0 Å². The molecule has 0 unspecified atom stereocenters. The van der Waals surface area contributed by atoms with Gasteiger partial charge in [0.25, 0.3) is 0 Å². The molecular formula is C22H21NO2S. The molecule has 0 aliphatic heterocycles. The van der Waals surface area contributed by atoms with E-state index in [-0.39, 0.29) is 0 Å². The van der Waals surface area contributed by atoms with E-state index in [1.807, 2.05) is 54.6 Å². The average Bonchev–Trinajstić information content (AvgIpc) is 2.73. The molecule has 0 radical (unpaired) electrons. The number of carbonyl (C=O) groups is 1. The Morgan fingerprint density at radius 2 is 1.15 bits per heavy atom. The molecule has 0 spiro atoms. The highest BCUT2D eigenvalue weighted by Gasteiger charge is 2.40. The summed E-state index contributed by atoms with van der Waals surface area (Å²) in [6.45, 7) is 0. The summed E-state index contributed by atoms with van der Waals surface area (Å²) in [5.74, 6) is -0.442. The Morgan fingerprint density at radius 1 is 0.808 bits per heavy atom. The van der Waals surface area contributed by atoms with Gasteiger partial charge in [-0.3, -0.25) is 0 Å². The summed E-state index contributed by atoms with van der Waals surface area (Å²) in [4.78, 5) is 12.1. The largest absolute Gasteiger partial charge is 0.467 e. The molecule has 26 heavy (non-hydrogen) atoms. The minimum absolute atomic E-state index is 0.442. The first kappa shape index (κ1) is 18.2. The first-order valence-electron chi connectivity index (χ1n) is 8.36. The van der Waals surface area contributed by atoms with Gasteiger partial charge in [0.2, 0.25) is 0 Å². The van der Waals surface area contributed by atoms with Crippen LogP contribution in [-0.4, -0.2) is 18.5 Å². The van der Waals surface area contributed by atoms with E-state index < -0.39 is 16.1 Å². The zero-order valence-electron chi connectivity index (χ0n) is 14.5. The number of nitrogens with two attached hydrogens (primary N) is 1. The van der Waals surface area contributed by atoms with Crippen molar-refractivity contribution in [2.75, 3.05) is 7.11 Å². The van der Waals surface area contributed by atoms with E-state index in [2.05, 4.69) is 36.4 Å². The fraction of sp³-hybridized carbons (Fsp3) is 0.136. The van der Waals surface area contributed by atoms with E-state index >= 15 is 0 Å². The fourth-order valence-electron chi connectivity index (χ4n) is 3.08. The standard InChI is InChI=1S/C22H21NO2S/c1-25-21(24)20(23)26-22(17-11-5-2-6-12-17,18-13-7-3-8-14-18)19-15-9-4-10-16-19/h2-16,20H,23H2,1H3/t20-/m1/s1. The molecule has 0 amide bonds. The topological polar surface area (TPSA) is 52.3 Å². The second-order valence-corrected chi connectivity index (χ2v) is 7.20. The maximum absolute atomic E-state index is 12.1. The highest BCUT2D eigenvalue weighted by Crippen LogP contribution is 2.49. The Labute approximate surface area is 158 Å². The third-order valence-electron chi connectivity index (χ3n) is 4.28. The second kappa shape index (κ2) is 8.21. The summed E-state index contributed by atoms with van der Waals surface area (Å²) >= 11 is 1.39. The van der Waals surface area contributed by atoms with E-state index in [1.165, 1.54) is 18.9 Å². The van der Waals surface area contributed by atoms with Crippen molar-refractivity contribution in [3.05, 3.63) is 108 Å². The molecule has 0 aliphatic carbocycles. The van der Waals surface area contributed by atoms with Crippen LogP contribution in [0, 0.1) is 0 Å². The van der Waals surface area contributed by atoms with E-state index in [1.54, 1.807) is 0 Å². The number of hydrogen-bond donors (Lipinski definition) is 1. The molecule has 0 saturated heterocycles. The van der Waals surface area contributed by atoms with Crippen LogP contribution >= 0.6 is 11.8 Å². The van der Waals surface area contributed by atoms with Crippen LogP contribution in [0.4, 0.5) is 0 Å². The molecule has 1 atom stereocenters. The van der Waals surface area contributed by atoms with Crippen LogP contribution in [0.25, 0.3) is 0 Å². The van der Waals surface area contributed by atoms with E-state index in [0.717, 1.165) is 16.7 Å². The number of ether oxygens (including phenoxy) is 1. The zero-order chi connectivity index (χ0) is 18.4. The van der Waals surface area contributed by atoms with Crippen LogP contribution in [0.3, 0.4) is 0 Å². The van der Waals surface area contributed by atoms with Gasteiger partial charge in [0.15, 0.2) is 5.37 Å². The number of esters is 1. The molecule has 3 rings (SSSR count). The smallest absolute Gasteiger partial charge is 0.333 e. The van der Waals surface area contributed by atoms with Gasteiger partial charge < -0.3 is 10.5 Å². The highest BCUT2D eigenvalue weighted by atomic mass is 32.2. The van der Waals surface area contributed by atoms with Crippen molar-refractivity contribution in [1.29, 1.82) is 0 Å². The quantitative estimate of drug-likeness (QED) is 0.406. The van der Waals surface area contributed by atoms with Crippen molar-refractivity contribution < 1.29 is 9.53 Å². The average molecular weight is 363 g/mol. The number of rotatable bonds is 6. The number of thioether (sulfide) groups is 1. The minimum Gasteiger partial charge on any atom is -0.467 e. The lowest BCUT2D eigenvalue weighted by atomic mass is 9.84. The van der Waals surface area contributed by atoms with Crippen LogP contribution < -0.4 is 5.73 Å². The van der Waals surface area contributed by atoms with Gasteiger partial charge in [-0.2, -0.15) is 0 Å². The summed E-state index contributed by atoms with van der Waals surface area (Å²) in [5.41, 5.74) is 9.39. The predicted molar refractivity (Wildman–Crippen MR) is 107 cm³/mol. The molecule has 0 saturated carbocycles. The highest BCUT2D eigenvalue weighted by molar-refractivity contribution is 8.01. The summed E-state index contributed by atoms with van der Waals surface area (Å²) in [7, 11) is 1.36. The Bertz CT molecular complexity index is 741. The molecule has 132 valence electrons. The van der Waals surface area contributed by atoms with Gasteiger partial charge in [-0.05, 0) is 16.7 Å². The summed E-state index contributed by atoms with van der Waals surface area (Å²) in [6.07, 6.45) is 0. The maximum Gasteiger partial charge on any atom is 0.333 e. The van der Waals surface area contributed by atoms with Crippen molar-refractivity contribution in [1.82, 2.24) is 0 Å². The van der Waals surface area contributed by atoms with Crippen molar-refractivity contribution >= 4 is 17.7 Å². The SMILES string of the molecule is COC(=O)[C@H](N)SC(c1ccccc1)(c1ccccc1)c1ccccc1. The van der Waals surface area contributed by atoms with Crippen molar-refractivity contribution in [3.8, 4) is 0 Å². The normalized spacial score (nSPS) is 12.4. The Morgan fingerprint density at radius 3 is 1.46 bits per heavy atom. The van der Waals surface area contributed by atoms with Crippen LogP contribution in [0.5, 0.6) is 0 Å².